The first kappa shape index (κ1) is 22.5. The third-order valence-corrected chi connectivity index (χ3v) is 5.70. The Kier molecular flexibility index (Phi) is 6.19. The lowest BCUT2D eigenvalue weighted by atomic mass is 9.98. The number of sulfonamides is 1. The molecule has 9 heteroatoms. The highest BCUT2D eigenvalue weighted by atomic mass is 32.2. The van der Waals surface area contributed by atoms with E-state index >= 15 is 0 Å². The number of anilines is 1. The Bertz CT molecular complexity index is 1220. The van der Waals surface area contributed by atoms with Crippen LogP contribution in [0.25, 0.3) is 11.1 Å². The van der Waals surface area contributed by atoms with Gasteiger partial charge in [0.2, 0.25) is 10.0 Å². The van der Waals surface area contributed by atoms with Crippen molar-refractivity contribution < 1.29 is 26.4 Å². The van der Waals surface area contributed by atoms with Crippen molar-refractivity contribution >= 4 is 21.6 Å². The van der Waals surface area contributed by atoms with E-state index in [9.17, 15) is 26.4 Å². The summed E-state index contributed by atoms with van der Waals surface area (Å²) in [6, 6.07) is 15.3. The van der Waals surface area contributed by atoms with Crippen molar-refractivity contribution in [3.63, 3.8) is 0 Å². The summed E-state index contributed by atoms with van der Waals surface area (Å²) >= 11 is 0. The lowest BCUT2D eigenvalue weighted by molar-refractivity contribution is -0.137. The molecule has 0 aromatic heterocycles. The molecule has 162 valence electrons. The summed E-state index contributed by atoms with van der Waals surface area (Å²) in [5.41, 5.74) is 1.05. The van der Waals surface area contributed by atoms with Crippen LogP contribution in [0.15, 0.2) is 71.6 Å². The van der Waals surface area contributed by atoms with E-state index in [2.05, 4.69) is 5.32 Å². The van der Waals surface area contributed by atoms with Crippen LogP contribution in [0.3, 0.4) is 0 Å². The molecular formula is C22H19F3N2O3S. The summed E-state index contributed by atoms with van der Waals surface area (Å²) < 4.78 is 62.2. The van der Waals surface area contributed by atoms with E-state index in [4.69, 9.17) is 5.14 Å². The summed E-state index contributed by atoms with van der Waals surface area (Å²) in [7, 11) is -3.98. The average Bonchev–Trinajstić information content (AvgIpc) is 2.72. The molecule has 31 heavy (non-hydrogen) atoms. The zero-order chi connectivity index (χ0) is 22.8. The third-order valence-electron chi connectivity index (χ3n) is 4.71. The Hall–Kier alpha value is -3.17. The number of aryl methyl sites for hydroxylation is 1. The minimum atomic E-state index is -4.46. The predicted octanol–water partition coefficient (Wildman–Crippen LogP) is 4.83. The van der Waals surface area contributed by atoms with E-state index in [0.29, 0.717) is 23.1 Å². The van der Waals surface area contributed by atoms with Crippen molar-refractivity contribution in [1.82, 2.24) is 0 Å². The van der Waals surface area contributed by atoms with Gasteiger partial charge in [0.15, 0.2) is 0 Å². The van der Waals surface area contributed by atoms with Crippen molar-refractivity contribution in [3.8, 4) is 11.1 Å². The van der Waals surface area contributed by atoms with Gasteiger partial charge in [0, 0.05) is 11.3 Å². The van der Waals surface area contributed by atoms with Crippen LogP contribution in [0, 0.1) is 0 Å². The van der Waals surface area contributed by atoms with E-state index in [-0.39, 0.29) is 16.1 Å². The van der Waals surface area contributed by atoms with Crippen molar-refractivity contribution in [2.75, 3.05) is 5.32 Å². The Labute approximate surface area is 177 Å². The van der Waals surface area contributed by atoms with Gasteiger partial charge in [-0.2, -0.15) is 13.2 Å². The van der Waals surface area contributed by atoms with Crippen molar-refractivity contribution in [1.29, 1.82) is 0 Å². The molecule has 3 N–H and O–H groups in total. The van der Waals surface area contributed by atoms with E-state index in [1.165, 1.54) is 24.3 Å². The second-order valence-electron chi connectivity index (χ2n) is 6.80. The first-order chi connectivity index (χ1) is 14.5. The molecule has 0 saturated carbocycles. The van der Waals surface area contributed by atoms with Gasteiger partial charge in [0.1, 0.15) is 0 Å². The van der Waals surface area contributed by atoms with Crippen LogP contribution < -0.4 is 10.5 Å². The number of carbonyl (C=O) groups excluding carboxylic acids is 1. The molecule has 1 amide bonds. The monoisotopic (exact) mass is 448 g/mol. The number of halogens is 3. The molecule has 0 heterocycles. The average molecular weight is 448 g/mol. The van der Waals surface area contributed by atoms with E-state index in [1.54, 1.807) is 37.3 Å². The minimum absolute atomic E-state index is 0.0798. The quantitative estimate of drug-likeness (QED) is 0.586. The van der Waals surface area contributed by atoms with Crippen LogP contribution in [-0.4, -0.2) is 14.3 Å². The lowest BCUT2D eigenvalue weighted by Gasteiger charge is -2.13. The van der Waals surface area contributed by atoms with Gasteiger partial charge in [-0.15, -0.1) is 0 Å². The Morgan fingerprint density at radius 2 is 1.65 bits per heavy atom. The molecule has 0 atom stereocenters. The fourth-order valence-corrected chi connectivity index (χ4v) is 4.03. The van der Waals surface area contributed by atoms with Crippen LogP contribution in [0.5, 0.6) is 0 Å². The number of primary sulfonamides is 1. The number of hydrogen-bond donors (Lipinski definition) is 2. The smallest absolute Gasteiger partial charge is 0.322 e. The van der Waals surface area contributed by atoms with Gasteiger partial charge < -0.3 is 5.32 Å². The molecular weight excluding hydrogens is 429 g/mol. The molecule has 3 aromatic carbocycles. The highest BCUT2D eigenvalue weighted by Gasteiger charge is 2.30. The summed E-state index contributed by atoms with van der Waals surface area (Å²) in [5, 5.41) is 7.90. The topological polar surface area (TPSA) is 89.3 Å². The highest BCUT2D eigenvalue weighted by molar-refractivity contribution is 7.89. The van der Waals surface area contributed by atoms with E-state index in [1.807, 2.05) is 0 Å². The zero-order valence-electron chi connectivity index (χ0n) is 16.4. The molecule has 5 nitrogen and oxygen atoms in total. The van der Waals surface area contributed by atoms with Crippen molar-refractivity contribution in [2.24, 2.45) is 5.14 Å². The van der Waals surface area contributed by atoms with Crippen molar-refractivity contribution in [3.05, 3.63) is 83.4 Å². The second kappa shape index (κ2) is 8.52. The molecule has 3 aromatic rings. The van der Waals surface area contributed by atoms with Gasteiger partial charge in [0.25, 0.3) is 5.91 Å². The van der Waals surface area contributed by atoms with Gasteiger partial charge in [-0.05, 0) is 53.4 Å². The molecule has 3 rings (SSSR count). The fraction of sp³-hybridized carbons (Fsp3) is 0.136. The number of amides is 1. The van der Waals surface area contributed by atoms with Gasteiger partial charge in [0.05, 0.1) is 10.5 Å². The van der Waals surface area contributed by atoms with Crippen LogP contribution >= 0.6 is 0 Å². The lowest BCUT2D eigenvalue weighted by Crippen LogP contribution is -2.17. The van der Waals surface area contributed by atoms with E-state index in [0.717, 1.165) is 12.1 Å². The fourth-order valence-electron chi connectivity index (χ4n) is 3.16. The Balaban J connectivity index is 1.94. The third kappa shape index (κ3) is 5.12. The number of alkyl halides is 3. The number of nitrogens with one attached hydrogen (secondary N) is 1. The molecule has 0 aliphatic rings. The summed E-state index contributed by atoms with van der Waals surface area (Å²) in [6.07, 6.45) is -4.02. The molecule has 0 aliphatic carbocycles. The van der Waals surface area contributed by atoms with Gasteiger partial charge in [-0.3, -0.25) is 4.79 Å². The van der Waals surface area contributed by atoms with Crippen LogP contribution in [0.4, 0.5) is 18.9 Å². The number of carbonyl (C=O) groups is 1. The summed E-state index contributed by atoms with van der Waals surface area (Å²) in [4.78, 5) is 12.8. The SMILES string of the molecule is CCc1ccc(NC(=O)c2ccccc2-c2ccc(C(F)(F)F)cc2)cc1S(N)(=O)=O. The molecule has 0 spiro atoms. The number of hydrogen-bond acceptors (Lipinski definition) is 3. The molecule has 0 fully saturated rings. The maximum Gasteiger partial charge on any atom is 0.416 e. The molecule has 0 aliphatic heterocycles. The van der Waals surface area contributed by atoms with Gasteiger partial charge in [-0.1, -0.05) is 43.3 Å². The standard InChI is InChI=1S/C22H19F3N2O3S/c1-2-14-9-12-17(13-20(14)31(26,29)30)27-21(28)19-6-4-3-5-18(19)15-7-10-16(11-8-15)22(23,24)25/h3-13H,2H2,1H3,(H,27,28)(H2,26,29,30). The number of benzene rings is 3. The molecule has 0 saturated heterocycles. The van der Waals surface area contributed by atoms with Crippen LogP contribution in [-0.2, 0) is 22.6 Å². The molecule has 0 unspecified atom stereocenters. The maximum atomic E-state index is 12.9. The predicted molar refractivity (Wildman–Crippen MR) is 112 cm³/mol. The largest absolute Gasteiger partial charge is 0.416 e. The van der Waals surface area contributed by atoms with Gasteiger partial charge >= 0.3 is 6.18 Å². The zero-order valence-corrected chi connectivity index (χ0v) is 17.2. The summed E-state index contributed by atoms with van der Waals surface area (Å²) in [6.45, 7) is 1.78. The normalized spacial score (nSPS) is 11.9. The van der Waals surface area contributed by atoms with Crippen LogP contribution in [0.2, 0.25) is 0 Å². The highest BCUT2D eigenvalue weighted by Crippen LogP contribution is 2.32. The number of nitrogens with two attached hydrogens (primary N) is 1. The Morgan fingerprint density at radius 1 is 1.00 bits per heavy atom. The van der Waals surface area contributed by atoms with Crippen molar-refractivity contribution in [2.45, 2.75) is 24.4 Å². The van der Waals surface area contributed by atoms with Crippen LogP contribution in [0.1, 0.15) is 28.4 Å². The first-order valence-corrected chi connectivity index (χ1v) is 10.8. The Morgan fingerprint density at radius 3 is 2.23 bits per heavy atom. The maximum absolute atomic E-state index is 12.9. The van der Waals surface area contributed by atoms with E-state index < -0.39 is 27.7 Å². The molecule has 0 bridgehead atoms. The van der Waals surface area contributed by atoms with Gasteiger partial charge in [-0.25, -0.2) is 13.6 Å². The molecule has 0 radical (unpaired) electrons. The summed E-state index contributed by atoms with van der Waals surface area (Å²) in [5.74, 6) is -0.542. The number of rotatable bonds is 5. The minimum Gasteiger partial charge on any atom is -0.322 e. The second-order valence-corrected chi connectivity index (χ2v) is 8.33. The first-order valence-electron chi connectivity index (χ1n) is 9.24.